The molecule has 1 N–H and O–H groups in total. The van der Waals surface area contributed by atoms with Crippen molar-refractivity contribution in [1.82, 2.24) is 10.2 Å². The number of amides is 2. The van der Waals surface area contributed by atoms with Crippen molar-refractivity contribution in [2.75, 3.05) is 20.8 Å². The molecule has 3 rings (SSSR count). The van der Waals surface area contributed by atoms with Crippen molar-refractivity contribution in [3.8, 4) is 11.5 Å². The van der Waals surface area contributed by atoms with Crippen molar-refractivity contribution in [3.63, 3.8) is 0 Å². The van der Waals surface area contributed by atoms with Crippen molar-refractivity contribution in [3.05, 3.63) is 59.7 Å². The molecule has 1 saturated heterocycles. The van der Waals surface area contributed by atoms with E-state index in [4.69, 9.17) is 9.47 Å². The number of ether oxygens (including phenoxy) is 2. The molecular formula is C20H22N2O4. The number of benzene rings is 2. The standard InChI is InChI=1S/C20H22N2O4/c1-25-16-7-3-14(4-8-16)11-18-20(24)21-12-19(23)22(18)13-15-5-9-17(26-2)10-6-15/h3-10,18H,11-13H2,1-2H3,(H,21,24)/t18-/m1/s1. The first-order chi connectivity index (χ1) is 12.6. The van der Waals surface area contributed by atoms with Crippen molar-refractivity contribution >= 4 is 11.8 Å². The zero-order chi connectivity index (χ0) is 18.5. The van der Waals surface area contributed by atoms with Gasteiger partial charge in [0, 0.05) is 13.0 Å². The molecule has 0 aliphatic carbocycles. The lowest BCUT2D eigenvalue weighted by Gasteiger charge is -2.35. The SMILES string of the molecule is COc1ccc(C[C@@H]2C(=O)NCC(=O)N2Cc2ccc(OC)cc2)cc1. The van der Waals surface area contributed by atoms with Crippen LogP contribution in [0.3, 0.4) is 0 Å². The molecule has 0 radical (unpaired) electrons. The van der Waals surface area contributed by atoms with E-state index in [1.54, 1.807) is 19.1 Å². The molecule has 1 aliphatic heterocycles. The van der Waals surface area contributed by atoms with E-state index in [1.807, 2.05) is 48.5 Å². The molecule has 1 aliphatic rings. The van der Waals surface area contributed by atoms with Crippen LogP contribution >= 0.6 is 0 Å². The van der Waals surface area contributed by atoms with E-state index in [-0.39, 0.29) is 18.4 Å². The van der Waals surface area contributed by atoms with E-state index in [0.717, 1.165) is 22.6 Å². The normalized spacial score (nSPS) is 17.0. The Hall–Kier alpha value is -3.02. The lowest BCUT2D eigenvalue weighted by molar-refractivity contribution is -0.146. The minimum atomic E-state index is -0.535. The largest absolute Gasteiger partial charge is 0.497 e. The number of methoxy groups -OCH3 is 2. The summed E-state index contributed by atoms with van der Waals surface area (Å²) in [5.41, 5.74) is 1.92. The Balaban J connectivity index is 1.78. The highest BCUT2D eigenvalue weighted by molar-refractivity contribution is 5.95. The van der Waals surface area contributed by atoms with Crippen LogP contribution in [0.4, 0.5) is 0 Å². The zero-order valence-electron chi connectivity index (χ0n) is 14.9. The first-order valence-corrected chi connectivity index (χ1v) is 8.43. The van der Waals surface area contributed by atoms with Gasteiger partial charge in [-0.2, -0.15) is 0 Å². The van der Waals surface area contributed by atoms with Crippen molar-refractivity contribution < 1.29 is 19.1 Å². The number of carbonyl (C=O) groups excluding carboxylic acids is 2. The summed E-state index contributed by atoms with van der Waals surface area (Å²) in [5.74, 6) is 1.30. The third-order valence-corrected chi connectivity index (χ3v) is 4.51. The Labute approximate surface area is 152 Å². The highest BCUT2D eigenvalue weighted by Crippen LogP contribution is 2.20. The fourth-order valence-electron chi connectivity index (χ4n) is 3.01. The van der Waals surface area contributed by atoms with Gasteiger partial charge in [0.15, 0.2) is 0 Å². The number of nitrogens with zero attached hydrogens (tertiary/aromatic N) is 1. The molecule has 0 spiro atoms. The van der Waals surface area contributed by atoms with Gasteiger partial charge in [0.2, 0.25) is 11.8 Å². The number of piperazine rings is 1. The van der Waals surface area contributed by atoms with Crippen LogP contribution < -0.4 is 14.8 Å². The predicted octanol–water partition coefficient (Wildman–Crippen LogP) is 1.77. The molecule has 6 nitrogen and oxygen atoms in total. The lowest BCUT2D eigenvalue weighted by atomic mass is 10.0. The first-order valence-electron chi connectivity index (χ1n) is 8.43. The van der Waals surface area contributed by atoms with Crippen LogP contribution in [0.2, 0.25) is 0 Å². The fraction of sp³-hybridized carbons (Fsp3) is 0.300. The highest BCUT2D eigenvalue weighted by atomic mass is 16.5. The lowest BCUT2D eigenvalue weighted by Crippen LogP contribution is -2.58. The smallest absolute Gasteiger partial charge is 0.243 e. The minimum Gasteiger partial charge on any atom is -0.497 e. The second kappa shape index (κ2) is 7.91. The van der Waals surface area contributed by atoms with Gasteiger partial charge in [0.25, 0.3) is 0 Å². The quantitative estimate of drug-likeness (QED) is 0.859. The van der Waals surface area contributed by atoms with E-state index >= 15 is 0 Å². The molecule has 1 heterocycles. The van der Waals surface area contributed by atoms with Gasteiger partial charge in [0.05, 0.1) is 20.8 Å². The van der Waals surface area contributed by atoms with Crippen molar-refractivity contribution in [1.29, 1.82) is 0 Å². The third-order valence-electron chi connectivity index (χ3n) is 4.51. The molecule has 26 heavy (non-hydrogen) atoms. The fourth-order valence-corrected chi connectivity index (χ4v) is 3.01. The van der Waals surface area contributed by atoms with Gasteiger partial charge in [-0.3, -0.25) is 9.59 Å². The van der Waals surface area contributed by atoms with Gasteiger partial charge >= 0.3 is 0 Å². The Morgan fingerprint density at radius 2 is 1.46 bits per heavy atom. The van der Waals surface area contributed by atoms with Crippen LogP contribution in [-0.4, -0.2) is 43.5 Å². The third kappa shape index (κ3) is 3.96. The van der Waals surface area contributed by atoms with Gasteiger partial charge < -0.3 is 19.7 Å². The number of carbonyl (C=O) groups is 2. The molecule has 1 fully saturated rings. The molecule has 2 amide bonds. The molecule has 136 valence electrons. The van der Waals surface area contributed by atoms with E-state index in [9.17, 15) is 9.59 Å². The second-order valence-corrected chi connectivity index (χ2v) is 6.16. The second-order valence-electron chi connectivity index (χ2n) is 6.16. The first kappa shape index (κ1) is 17.8. The summed E-state index contributed by atoms with van der Waals surface area (Å²) >= 11 is 0. The summed E-state index contributed by atoms with van der Waals surface area (Å²) in [6.07, 6.45) is 0.456. The van der Waals surface area contributed by atoms with Crippen LogP contribution in [0.15, 0.2) is 48.5 Å². The number of rotatable bonds is 6. The minimum absolute atomic E-state index is 0.0358. The monoisotopic (exact) mass is 354 g/mol. The van der Waals surface area contributed by atoms with Crippen molar-refractivity contribution in [2.24, 2.45) is 0 Å². The number of nitrogens with one attached hydrogen (secondary N) is 1. The van der Waals surface area contributed by atoms with Gasteiger partial charge in [-0.25, -0.2) is 0 Å². The molecule has 2 aromatic rings. The summed E-state index contributed by atoms with van der Waals surface area (Å²) in [4.78, 5) is 26.5. The van der Waals surface area contributed by atoms with E-state index in [1.165, 1.54) is 0 Å². The van der Waals surface area contributed by atoms with E-state index < -0.39 is 6.04 Å². The molecule has 0 saturated carbocycles. The average Bonchev–Trinajstić information content (AvgIpc) is 2.68. The highest BCUT2D eigenvalue weighted by Gasteiger charge is 2.34. The maximum Gasteiger partial charge on any atom is 0.243 e. The van der Waals surface area contributed by atoms with Crippen LogP contribution in [0, 0.1) is 0 Å². The maximum atomic E-state index is 12.4. The topological polar surface area (TPSA) is 67.9 Å². The average molecular weight is 354 g/mol. The van der Waals surface area contributed by atoms with Crippen LogP contribution in [-0.2, 0) is 22.6 Å². The predicted molar refractivity (Wildman–Crippen MR) is 97.0 cm³/mol. The molecule has 6 heteroatoms. The van der Waals surface area contributed by atoms with Gasteiger partial charge in [-0.1, -0.05) is 24.3 Å². The molecule has 0 aromatic heterocycles. The van der Waals surface area contributed by atoms with Crippen molar-refractivity contribution in [2.45, 2.75) is 19.0 Å². The molecule has 0 unspecified atom stereocenters. The summed E-state index contributed by atoms with van der Waals surface area (Å²) in [7, 11) is 3.22. The van der Waals surface area contributed by atoms with Crippen LogP contribution in [0.1, 0.15) is 11.1 Å². The van der Waals surface area contributed by atoms with Gasteiger partial charge in [-0.05, 0) is 35.4 Å². The molecule has 2 aromatic carbocycles. The van der Waals surface area contributed by atoms with Gasteiger partial charge in [0.1, 0.15) is 17.5 Å². The summed E-state index contributed by atoms with van der Waals surface area (Å²) in [5, 5.41) is 2.68. The Kier molecular flexibility index (Phi) is 5.41. The van der Waals surface area contributed by atoms with E-state index in [2.05, 4.69) is 5.32 Å². The van der Waals surface area contributed by atoms with Crippen LogP contribution in [0.5, 0.6) is 11.5 Å². The summed E-state index contributed by atoms with van der Waals surface area (Å²) in [6, 6.07) is 14.5. The Bertz CT molecular complexity index is 704. The molecule has 0 bridgehead atoms. The van der Waals surface area contributed by atoms with E-state index in [0.29, 0.717) is 13.0 Å². The zero-order valence-corrected chi connectivity index (χ0v) is 14.9. The molecular weight excluding hydrogens is 332 g/mol. The number of hydrogen-bond donors (Lipinski definition) is 1. The molecule has 1 atom stereocenters. The maximum absolute atomic E-state index is 12.4. The van der Waals surface area contributed by atoms with Crippen LogP contribution in [0.25, 0.3) is 0 Å². The summed E-state index contributed by atoms with van der Waals surface area (Å²) in [6.45, 7) is 0.422. The Morgan fingerprint density at radius 1 is 0.923 bits per heavy atom. The summed E-state index contributed by atoms with van der Waals surface area (Å²) < 4.78 is 10.3. The number of hydrogen-bond acceptors (Lipinski definition) is 4. The Morgan fingerprint density at radius 3 is 2.00 bits per heavy atom. The van der Waals surface area contributed by atoms with Gasteiger partial charge in [-0.15, -0.1) is 0 Å².